The van der Waals surface area contributed by atoms with Gasteiger partial charge in [-0.15, -0.1) is 0 Å². The Morgan fingerprint density at radius 3 is 2.32 bits per heavy atom. The summed E-state index contributed by atoms with van der Waals surface area (Å²) in [6.45, 7) is 0. The maximum absolute atomic E-state index is 13.4. The summed E-state index contributed by atoms with van der Waals surface area (Å²) in [5, 5.41) is 28.3. The second-order valence-corrected chi connectivity index (χ2v) is 8.39. The summed E-state index contributed by atoms with van der Waals surface area (Å²) in [6, 6.07) is 22.4. The number of carbonyl (C=O) groups is 2. The fraction of sp³-hybridized carbons (Fsp3) is 0.120. The van der Waals surface area contributed by atoms with Gasteiger partial charge < -0.3 is 10.4 Å². The first kappa shape index (κ1) is 23.5. The van der Waals surface area contributed by atoms with E-state index >= 15 is 0 Å². The Kier molecular flexibility index (Phi) is 6.66. The van der Waals surface area contributed by atoms with Crippen LogP contribution in [0.2, 0.25) is 10.0 Å². The Morgan fingerprint density at radius 2 is 1.68 bits per heavy atom. The summed E-state index contributed by atoms with van der Waals surface area (Å²) >= 11 is 12.8. The van der Waals surface area contributed by atoms with Crippen LogP contribution in [-0.4, -0.2) is 22.6 Å². The summed E-state index contributed by atoms with van der Waals surface area (Å²) in [5.74, 6) is -2.47. The Morgan fingerprint density at radius 1 is 1.06 bits per heavy atom. The number of amides is 2. The first-order chi connectivity index (χ1) is 16.4. The predicted molar refractivity (Wildman–Crippen MR) is 130 cm³/mol. The molecule has 1 aliphatic heterocycles. The van der Waals surface area contributed by atoms with Gasteiger partial charge in [0.25, 0.3) is 11.8 Å². The minimum atomic E-state index is -2.21. The summed E-state index contributed by atoms with van der Waals surface area (Å²) in [7, 11) is 0. The number of benzene rings is 3. The normalized spacial score (nSPS) is 17.9. The van der Waals surface area contributed by atoms with Crippen molar-refractivity contribution in [1.29, 1.82) is 5.26 Å². The number of hydrazone groups is 1. The molecule has 0 saturated carbocycles. The van der Waals surface area contributed by atoms with Crippen LogP contribution in [0.4, 0.5) is 5.69 Å². The Balaban J connectivity index is 2.00. The van der Waals surface area contributed by atoms with Crippen LogP contribution in [0, 0.1) is 11.3 Å². The van der Waals surface area contributed by atoms with Crippen molar-refractivity contribution >= 4 is 46.4 Å². The van der Waals surface area contributed by atoms with E-state index in [0.717, 1.165) is 0 Å². The number of nitrogens with zero attached hydrogens (tertiary/aromatic N) is 2. The van der Waals surface area contributed by atoms with Gasteiger partial charge in [-0.25, -0.2) is 5.43 Å². The van der Waals surface area contributed by atoms with Gasteiger partial charge in [0.1, 0.15) is 6.42 Å². The van der Waals surface area contributed by atoms with Crippen molar-refractivity contribution in [3.05, 3.63) is 99.5 Å². The lowest BCUT2D eigenvalue weighted by Gasteiger charge is -2.33. The molecule has 3 N–H and O–H groups in total. The third-order valence-corrected chi connectivity index (χ3v) is 6.13. The molecule has 0 bridgehead atoms. The molecule has 0 radical (unpaired) electrons. The quantitative estimate of drug-likeness (QED) is 0.350. The van der Waals surface area contributed by atoms with E-state index in [1.807, 2.05) is 0 Å². The van der Waals surface area contributed by atoms with Crippen molar-refractivity contribution in [2.45, 2.75) is 17.9 Å². The van der Waals surface area contributed by atoms with Gasteiger partial charge in [-0.3, -0.25) is 9.59 Å². The van der Waals surface area contributed by atoms with Gasteiger partial charge in [0.2, 0.25) is 0 Å². The van der Waals surface area contributed by atoms with Crippen LogP contribution in [-0.2, 0) is 15.2 Å². The summed E-state index contributed by atoms with van der Waals surface area (Å²) in [6.07, 6.45) is -0.406. The van der Waals surface area contributed by atoms with Gasteiger partial charge in [-0.1, -0.05) is 83.9 Å². The number of fused-ring (bicyclic) bond motifs is 1. The molecule has 0 spiro atoms. The molecular weight excluding hydrogens is 475 g/mol. The second-order valence-electron chi connectivity index (χ2n) is 7.58. The molecule has 3 aromatic carbocycles. The van der Waals surface area contributed by atoms with Crippen LogP contribution < -0.4 is 10.7 Å². The second kappa shape index (κ2) is 9.65. The number of hydrogen-bond acceptors (Lipinski definition) is 5. The molecule has 9 heteroatoms. The number of halogens is 2. The number of nitriles is 1. The fourth-order valence-corrected chi connectivity index (χ4v) is 4.53. The first-order valence-corrected chi connectivity index (χ1v) is 11.0. The molecule has 0 aliphatic carbocycles. The highest BCUT2D eigenvalue weighted by molar-refractivity contribution is 6.38. The molecular formula is C25H18Cl2N4O3. The van der Waals surface area contributed by atoms with E-state index in [-0.39, 0.29) is 27.0 Å². The molecule has 1 heterocycles. The number of aliphatic hydroxyl groups is 1. The Hall–Kier alpha value is -3.70. The standard InChI is InChI=1S/C25H18Cl2N4O3/c26-17-11-12-18(27)23-21(17)25(34,24(33)29-23)20(15-7-3-1-4-8-15)22(16-9-5-2-6-10-16)31-30-19(32)13-14-28/h1-12,20,34H,13H2,(H,29,33)(H,30,32)/b31-22-/t20-,25+/m1/s1. The van der Waals surface area contributed by atoms with Crippen molar-refractivity contribution in [3.8, 4) is 6.07 Å². The van der Waals surface area contributed by atoms with Crippen LogP contribution in [0.3, 0.4) is 0 Å². The average Bonchev–Trinajstić information content (AvgIpc) is 3.12. The maximum atomic E-state index is 13.4. The monoisotopic (exact) mass is 492 g/mol. The summed E-state index contributed by atoms with van der Waals surface area (Å²) in [5.41, 5.74) is 1.76. The predicted octanol–water partition coefficient (Wildman–Crippen LogP) is 4.35. The molecule has 34 heavy (non-hydrogen) atoms. The molecule has 0 unspecified atom stereocenters. The third-order valence-electron chi connectivity index (χ3n) is 5.50. The molecule has 3 aromatic rings. The third kappa shape index (κ3) is 4.15. The number of rotatable bonds is 6. The van der Waals surface area contributed by atoms with Gasteiger partial charge in [-0.05, 0) is 23.3 Å². The van der Waals surface area contributed by atoms with E-state index in [1.54, 1.807) is 66.7 Å². The minimum absolute atomic E-state index is 0.118. The van der Waals surface area contributed by atoms with E-state index < -0.39 is 29.8 Å². The topological polar surface area (TPSA) is 115 Å². The highest BCUT2D eigenvalue weighted by Crippen LogP contribution is 2.51. The Labute approximate surface area is 205 Å². The molecule has 0 fully saturated rings. The molecule has 2 atom stereocenters. The van der Waals surface area contributed by atoms with Gasteiger partial charge in [0.15, 0.2) is 5.60 Å². The SMILES string of the molecule is N#CCC(=O)N/N=C(/c1ccccc1)[C@@H](c1ccccc1)[C@@]1(O)C(=O)Nc2c(Cl)ccc(Cl)c21. The first-order valence-electron chi connectivity index (χ1n) is 10.2. The molecule has 170 valence electrons. The number of nitrogens with one attached hydrogen (secondary N) is 2. The molecule has 0 saturated heterocycles. The number of hydrogen-bond donors (Lipinski definition) is 3. The molecule has 2 amide bonds. The largest absolute Gasteiger partial charge is 0.374 e. The van der Waals surface area contributed by atoms with Crippen LogP contribution in [0.5, 0.6) is 0 Å². The van der Waals surface area contributed by atoms with E-state index in [2.05, 4.69) is 15.8 Å². The van der Waals surface area contributed by atoms with Gasteiger partial charge >= 0.3 is 0 Å². The zero-order valence-corrected chi connectivity index (χ0v) is 19.1. The molecule has 7 nitrogen and oxygen atoms in total. The van der Waals surface area contributed by atoms with Crippen LogP contribution >= 0.6 is 23.2 Å². The zero-order valence-electron chi connectivity index (χ0n) is 17.6. The highest BCUT2D eigenvalue weighted by atomic mass is 35.5. The van der Waals surface area contributed by atoms with Crippen molar-refractivity contribution in [3.63, 3.8) is 0 Å². The smallest absolute Gasteiger partial charge is 0.262 e. The summed E-state index contributed by atoms with van der Waals surface area (Å²) in [4.78, 5) is 25.5. The number of anilines is 1. The Bertz CT molecular complexity index is 1320. The van der Waals surface area contributed by atoms with Crippen molar-refractivity contribution in [1.82, 2.24) is 5.43 Å². The van der Waals surface area contributed by atoms with Gasteiger partial charge in [0, 0.05) is 10.6 Å². The lowest BCUT2D eigenvalue weighted by Crippen LogP contribution is -2.45. The van der Waals surface area contributed by atoms with E-state index in [1.165, 1.54) is 12.1 Å². The molecule has 1 aliphatic rings. The maximum Gasteiger partial charge on any atom is 0.262 e. The molecule has 0 aromatic heterocycles. The van der Waals surface area contributed by atoms with Gasteiger partial charge in [-0.2, -0.15) is 10.4 Å². The van der Waals surface area contributed by atoms with Gasteiger partial charge in [0.05, 0.1) is 28.4 Å². The van der Waals surface area contributed by atoms with Crippen LogP contribution in [0.15, 0.2) is 77.9 Å². The van der Waals surface area contributed by atoms with E-state index in [9.17, 15) is 14.7 Å². The fourth-order valence-electron chi connectivity index (χ4n) is 4.03. The summed E-state index contributed by atoms with van der Waals surface area (Å²) < 4.78 is 0. The van der Waals surface area contributed by atoms with Crippen molar-refractivity contribution in [2.75, 3.05) is 5.32 Å². The molecule has 4 rings (SSSR count). The van der Waals surface area contributed by atoms with E-state index in [0.29, 0.717) is 11.1 Å². The number of carbonyl (C=O) groups excluding carboxylic acids is 2. The lowest BCUT2D eigenvalue weighted by molar-refractivity contribution is -0.134. The average molecular weight is 493 g/mol. The minimum Gasteiger partial charge on any atom is -0.374 e. The van der Waals surface area contributed by atoms with Crippen LogP contribution in [0.25, 0.3) is 0 Å². The van der Waals surface area contributed by atoms with E-state index in [4.69, 9.17) is 28.5 Å². The highest BCUT2D eigenvalue weighted by Gasteiger charge is 2.55. The lowest BCUT2D eigenvalue weighted by atomic mass is 9.73. The van der Waals surface area contributed by atoms with Crippen molar-refractivity contribution in [2.24, 2.45) is 5.10 Å². The zero-order chi connectivity index (χ0) is 24.3. The van der Waals surface area contributed by atoms with Crippen molar-refractivity contribution < 1.29 is 14.7 Å². The van der Waals surface area contributed by atoms with Crippen LogP contribution in [0.1, 0.15) is 29.0 Å².